The Hall–Kier alpha value is -2.80. The van der Waals surface area contributed by atoms with Crippen LogP contribution in [0.2, 0.25) is 0 Å². The smallest absolute Gasteiger partial charge is 0.164 e. The fourth-order valence-electron chi connectivity index (χ4n) is 4.16. The Morgan fingerprint density at radius 3 is 1.66 bits per heavy atom. The van der Waals surface area contributed by atoms with Gasteiger partial charge in [0.05, 0.1) is 20.3 Å². The monoisotopic (exact) mass is 430 g/mol. The third-order valence-electron chi connectivity index (χ3n) is 6.06. The van der Waals surface area contributed by atoms with Gasteiger partial charge in [0.25, 0.3) is 0 Å². The highest BCUT2D eigenvalue weighted by Gasteiger charge is 2.46. The van der Waals surface area contributed by atoms with Gasteiger partial charge in [-0.05, 0) is 41.0 Å². The number of benzene rings is 3. The molecule has 1 saturated heterocycles. The SMILES string of the molecule is [B][C@H]1O[C@H](OC(c2ccccc2)(c2ccc(OC)cc2)c2ccc(OC)cc2)C(C)C1O. The maximum atomic E-state index is 10.4. The van der Waals surface area contributed by atoms with E-state index in [1.54, 1.807) is 14.2 Å². The molecule has 0 amide bonds. The van der Waals surface area contributed by atoms with Crippen molar-refractivity contribution in [2.75, 3.05) is 14.2 Å². The molecular formula is C26H27BO5. The summed E-state index contributed by atoms with van der Waals surface area (Å²) in [5.41, 5.74) is 1.67. The Bertz CT molecular complexity index is 959. The van der Waals surface area contributed by atoms with Crippen LogP contribution in [0.5, 0.6) is 11.5 Å². The van der Waals surface area contributed by atoms with Gasteiger partial charge in [-0.2, -0.15) is 0 Å². The molecule has 32 heavy (non-hydrogen) atoms. The molecule has 6 heteroatoms. The summed E-state index contributed by atoms with van der Waals surface area (Å²) in [4.78, 5) is 0. The lowest BCUT2D eigenvalue weighted by molar-refractivity contribution is -0.185. The lowest BCUT2D eigenvalue weighted by atomic mass is 9.79. The zero-order valence-electron chi connectivity index (χ0n) is 18.5. The van der Waals surface area contributed by atoms with E-state index in [0.717, 1.165) is 28.2 Å². The van der Waals surface area contributed by atoms with Gasteiger partial charge in [0, 0.05) is 11.9 Å². The predicted molar refractivity (Wildman–Crippen MR) is 123 cm³/mol. The van der Waals surface area contributed by atoms with Crippen LogP contribution in [0.4, 0.5) is 0 Å². The van der Waals surface area contributed by atoms with Crippen molar-refractivity contribution in [3.8, 4) is 11.5 Å². The minimum Gasteiger partial charge on any atom is -0.497 e. The molecule has 0 bridgehead atoms. The van der Waals surface area contributed by atoms with E-state index in [1.165, 1.54) is 0 Å². The predicted octanol–water partition coefficient (Wildman–Crippen LogP) is 3.86. The molecule has 2 unspecified atom stereocenters. The average molecular weight is 430 g/mol. The Morgan fingerprint density at radius 1 is 0.781 bits per heavy atom. The number of rotatable bonds is 7. The lowest BCUT2D eigenvalue weighted by Crippen LogP contribution is -2.39. The van der Waals surface area contributed by atoms with Crippen molar-refractivity contribution in [1.29, 1.82) is 0 Å². The van der Waals surface area contributed by atoms with Gasteiger partial charge in [-0.1, -0.05) is 61.5 Å². The molecule has 2 radical (unpaired) electrons. The summed E-state index contributed by atoms with van der Waals surface area (Å²) < 4.78 is 23.4. The number of ether oxygens (including phenoxy) is 4. The number of hydrogen-bond donors (Lipinski definition) is 1. The van der Waals surface area contributed by atoms with E-state index in [4.69, 9.17) is 26.8 Å². The molecule has 1 N–H and O–H groups in total. The fraction of sp³-hybridized carbons (Fsp3) is 0.308. The van der Waals surface area contributed by atoms with Crippen LogP contribution in [0, 0.1) is 5.92 Å². The topological polar surface area (TPSA) is 57.2 Å². The van der Waals surface area contributed by atoms with Crippen molar-refractivity contribution in [3.05, 3.63) is 95.6 Å². The second kappa shape index (κ2) is 9.37. The highest BCUT2D eigenvalue weighted by molar-refractivity contribution is 6.11. The van der Waals surface area contributed by atoms with Crippen molar-refractivity contribution in [1.82, 2.24) is 0 Å². The Balaban J connectivity index is 1.92. The maximum Gasteiger partial charge on any atom is 0.164 e. The average Bonchev–Trinajstić information content (AvgIpc) is 3.09. The van der Waals surface area contributed by atoms with Crippen LogP contribution in [0.1, 0.15) is 23.6 Å². The minimum atomic E-state index is -1.03. The van der Waals surface area contributed by atoms with Crippen LogP contribution in [-0.2, 0) is 15.1 Å². The van der Waals surface area contributed by atoms with Crippen LogP contribution >= 0.6 is 0 Å². The highest BCUT2D eigenvalue weighted by atomic mass is 16.7. The first kappa shape index (κ1) is 22.4. The van der Waals surface area contributed by atoms with Crippen molar-refractivity contribution in [2.45, 2.75) is 30.9 Å². The first-order chi connectivity index (χ1) is 15.5. The summed E-state index contributed by atoms with van der Waals surface area (Å²) in [6, 6.07) is 24.7. The van der Waals surface area contributed by atoms with E-state index >= 15 is 0 Å². The molecule has 4 atom stereocenters. The molecule has 1 aliphatic rings. The Morgan fingerprint density at radius 2 is 1.25 bits per heavy atom. The summed E-state index contributed by atoms with van der Waals surface area (Å²) in [6.07, 6.45) is -1.54. The van der Waals surface area contributed by atoms with Crippen LogP contribution in [0.3, 0.4) is 0 Å². The van der Waals surface area contributed by atoms with Crippen molar-refractivity contribution in [2.24, 2.45) is 5.92 Å². The third-order valence-corrected chi connectivity index (χ3v) is 6.06. The third kappa shape index (κ3) is 4.02. The minimum absolute atomic E-state index is 0.315. The van der Waals surface area contributed by atoms with Crippen LogP contribution in [-0.4, -0.2) is 45.6 Å². The summed E-state index contributed by atoms with van der Waals surface area (Å²) in [5.74, 6) is 1.17. The van der Waals surface area contributed by atoms with Crippen molar-refractivity contribution >= 4 is 7.85 Å². The van der Waals surface area contributed by atoms with Crippen molar-refractivity contribution in [3.63, 3.8) is 0 Å². The molecule has 4 rings (SSSR count). The van der Waals surface area contributed by atoms with Crippen LogP contribution < -0.4 is 9.47 Å². The molecule has 0 aliphatic carbocycles. The molecule has 3 aromatic rings. The fourth-order valence-corrected chi connectivity index (χ4v) is 4.16. The first-order valence-electron chi connectivity index (χ1n) is 10.6. The molecular weight excluding hydrogens is 403 g/mol. The van der Waals surface area contributed by atoms with Gasteiger partial charge in [-0.15, -0.1) is 0 Å². The second-order valence-corrected chi connectivity index (χ2v) is 7.94. The van der Waals surface area contributed by atoms with Crippen LogP contribution in [0.25, 0.3) is 0 Å². The highest BCUT2D eigenvalue weighted by Crippen LogP contribution is 2.44. The first-order valence-corrected chi connectivity index (χ1v) is 10.6. The van der Waals surface area contributed by atoms with E-state index in [-0.39, 0.29) is 5.92 Å². The van der Waals surface area contributed by atoms with Crippen LogP contribution in [0.15, 0.2) is 78.9 Å². The number of hydrogen-bond acceptors (Lipinski definition) is 5. The van der Waals surface area contributed by atoms with Gasteiger partial charge in [-0.3, -0.25) is 0 Å². The molecule has 0 spiro atoms. The molecule has 3 aromatic carbocycles. The van der Waals surface area contributed by atoms with Gasteiger partial charge in [-0.25, -0.2) is 0 Å². The van der Waals surface area contributed by atoms with E-state index < -0.39 is 24.0 Å². The number of methoxy groups -OCH3 is 2. The van der Waals surface area contributed by atoms with E-state index in [1.807, 2.05) is 85.8 Å². The zero-order valence-corrected chi connectivity index (χ0v) is 18.5. The maximum absolute atomic E-state index is 10.4. The standard InChI is InChI=1S/C26H27BO5/c1-17-23(28)24(27)31-25(17)32-26(18-7-5-4-6-8-18,19-9-13-21(29-2)14-10-19)20-11-15-22(30-3)16-12-20/h4-17,23-25,28H,1-3H3/t17?,23?,24-,25+/m0/s1. The Kier molecular flexibility index (Phi) is 6.56. The molecule has 1 aliphatic heterocycles. The molecule has 1 fully saturated rings. The largest absolute Gasteiger partial charge is 0.497 e. The van der Waals surface area contributed by atoms with E-state index in [0.29, 0.717) is 0 Å². The van der Waals surface area contributed by atoms with Gasteiger partial charge < -0.3 is 24.1 Å². The van der Waals surface area contributed by atoms with Gasteiger partial charge in [0.1, 0.15) is 24.9 Å². The summed E-state index contributed by atoms with van der Waals surface area (Å²) in [7, 11) is 9.25. The molecule has 0 saturated carbocycles. The summed E-state index contributed by atoms with van der Waals surface area (Å²) in [6.45, 7) is 1.87. The Labute approximate surface area is 190 Å². The summed E-state index contributed by atoms with van der Waals surface area (Å²) >= 11 is 0. The number of aliphatic hydroxyl groups excluding tert-OH is 1. The summed E-state index contributed by atoms with van der Waals surface area (Å²) in [5, 5.41) is 10.4. The second-order valence-electron chi connectivity index (χ2n) is 7.94. The molecule has 1 heterocycles. The van der Waals surface area contributed by atoms with Gasteiger partial charge in [0.2, 0.25) is 0 Å². The molecule has 5 nitrogen and oxygen atoms in total. The quantitative estimate of drug-likeness (QED) is 0.456. The van der Waals surface area contributed by atoms with E-state index in [9.17, 15) is 5.11 Å². The van der Waals surface area contributed by atoms with Crippen molar-refractivity contribution < 1.29 is 24.1 Å². The van der Waals surface area contributed by atoms with E-state index in [2.05, 4.69) is 0 Å². The normalized spacial score (nSPS) is 23.1. The lowest BCUT2D eigenvalue weighted by Gasteiger charge is -2.39. The molecule has 164 valence electrons. The molecule has 0 aromatic heterocycles. The van der Waals surface area contributed by atoms with Gasteiger partial charge >= 0.3 is 0 Å². The zero-order chi connectivity index (χ0) is 22.7. The van der Waals surface area contributed by atoms with Gasteiger partial charge in [0.15, 0.2) is 6.29 Å². The number of aliphatic hydroxyl groups is 1.